The first-order valence-corrected chi connectivity index (χ1v) is 9.09. The van der Waals surface area contributed by atoms with E-state index in [1.165, 1.54) is 28.3 Å². The minimum absolute atomic E-state index is 0.0546. The summed E-state index contributed by atoms with van der Waals surface area (Å²) in [6.07, 6.45) is 3.14. The fraction of sp³-hybridized carbons (Fsp3) is 0.300. The van der Waals surface area contributed by atoms with Crippen molar-refractivity contribution in [1.29, 1.82) is 0 Å². The predicted octanol–water partition coefficient (Wildman–Crippen LogP) is 2.74. The first-order chi connectivity index (χ1) is 13.5. The zero-order valence-electron chi connectivity index (χ0n) is 15.1. The van der Waals surface area contributed by atoms with Crippen molar-refractivity contribution in [3.8, 4) is 0 Å². The molecular weight excluding hydrogens is 362 g/mol. The average molecular weight is 381 g/mol. The summed E-state index contributed by atoms with van der Waals surface area (Å²) in [6, 6.07) is 14.0. The number of fused-ring (bicyclic) bond motifs is 1. The number of oxazole rings is 1. The lowest BCUT2D eigenvalue weighted by atomic mass is 9.64. The first kappa shape index (κ1) is 18.0. The zero-order valence-corrected chi connectivity index (χ0v) is 15.1. The van der Waals surface area contributed by atoms with Crippen molar-refractivity contribution < 1.29 is 14.1 Å². The smallest absolute Gasteiger partial charge is 0.407 e. The number of hydrogen-bond acceptors (Lipinski definition) is 5. The summed E-state index contributed by atoms with van der Waals surface area (Å²) in [4.78, 5) is 34.9. The number of carbonyl (C=O) groups excluding carboxylic acids is 1. The van der Waals surface area contributed by atoms with Crippen molar-refractivity contribution in [1.82, 2.24) is 9.88 Å². The molecule has 3 aromatic rings. The molecule has 8 nitrogen and oxygen atoms in total. The molecule has 144 valence electrons. The lowest BCUT2D eigenvalue weighted by molar-refractivity contribution is -0.384. The van der Waals surface area contributed by atoms with Crippen LogP contribution in [0.15, 0.2) is 57.7 Å². The van der Waals surface area contributed by atoms with Crippen LogP contribution >= 0.6 is 0 Å². The van der Waals surface area contributed by atoms with E-state index < -0.39 is 10.7 Å². The number of nitrogens with one attached hydrogen (secondary N) is 1. The molecule has 28 heavy (non-hydrogen) atoms. The molecule has 1 fully saturated rings. The van der Waals surface area contributed by atoms with Gasteiger partial charge in [-0.15, -0.1) is 0 Å². The maximum Gasteiger partial charge on any atom is 0.420 e. The molecule has 1 aliphatic rings. The summed E-state index contributed by atoms with van der Waals surface area (Å²) >= 11 is 0. The minimum Gasteiger partial charge on any atom is -0.407 e. The third kappa shape index (κ3) is 3.17. The molecule has 0 bridgehead atoms. The maximum absolute atomic E-state index is 12.5. The number of benzene rings is 2. The lowest BCUT2D eigenvalue weighted by Crippen LogP contribution is -2.46. The van der Waals surface area contributed by atoms with Gasteiger partial charge in [-0.2, -0.15) is 0 Å². The molecule has 1 aliphatic carbocycles. The van der Waals surface area contributed by atoms with Gasteiger partial charge in [-0.1, -0.05) is 36.8 Å². The third-order valence-corrected chi connectivity index (χ3v) is 5.49. The highest BCUT2D eigenvalue weighted by Gasteiger charge is 2.38. The van der Waals surface area contributed by atoms with Crippen molar-refractivity contribution in [3.63, 3.8) is 0 Å². The summed E-state index contributed by atoms with van der Waals surface area (Å²) in [5.74, 6) is -1.02. The van der Waals surface area contributed by atoms with E-state index in [9.17, 15) is 19.7 Å². The Bertz CT molecular complexity index is 1100. The summed E-state index contributed by atoms with van der Waals surface area (Å²) in [5.41, 5.74) is 1.42. The molecule has 0 aliphatic heterocycles. The fourth-order valence-electron chi connectivity index (χ4n) is 3.75. The minimum atomic E-state index is -0.716. The van der Waals surface area contributed by atoms with Crippen LogP contribution in [0.5, 0.6) is 0 Å². The number of rotatable bonds is 6. The number of nitro groups is 1. The molecular formula is C20H19N3O5. The molecule has 1 heterocycles. The Morgan fingerprint density at radius 3 is 2.61 bits per heavy atom. The summed E-state index contributed by atoms with van der Waals surface area (Å²) in [7, 11) is 0. The molecule has 4 rings (SSSR count). The standard InChI is InChI=1S/C20H19N3O5/c24-18(21-13-20(9-4-10-20)14-5-2-1-3-6-14)12-22-16-8-7-15(23(26)27)11-17(16)28-19(22)25/h1-3,5-8,11H,4,9-10,12-13H2,(H,21,24). The van der Waals surface area contributed by atoms with Crippen molar-refractivity contribution in [2.45, 2.75) is 31.2 Å². The van der Waals surface area contributed by atoms with Gasteiger partial charge in [-0.05, 0) is 24.5 Å². The van der Waals surface area contributed by atoms with Crippen molar-refractivity contribution in [3.05, 3.63) is 74.8 Å². The van der Waals surface area contributed by atoms with Crippen LogP contribution < -0.4 is 11.1 Å². The van der Waals surface area contributed by atoms with E-state index in [1.807, 2.05) is 18.2 Å². The Kier molecular flexibility index (Phi) is 4.46. The van der Waals surface area contributed by atoms with E-state index in [4.69, 9.17) is 4.42 Å². The Morgan fingerprint density at radius 1 is 1.21 bits per heavy atom. The molecule has 1 aromatic heterocycles. The van der Waals surface area contributed by atoms with E-state index >= 15 is 0 Å². The molecule has 0 atom stereocenters. The normalized spacial score (nSPS) is 15.1. The number of aromatic nitrogens is 1. The van der Waals surface area contributed by atoms with Gasteiger partial charge in [0.1, 0.15) is 6.54 Å². The molecule has 1 saturated carbocycles. The van der Waals surface area contributed by atoms with Crippen LogP contribution in [-0.4, -0.2) is 21.9 Å². The average Bonchev–Trinajstić information content (AvgIpc) is 2.96. The molecule has 8 heteroatoms. The van der Waals surface area contributed by atoms with Gasteiger partial charge in [0.05, 0.1) is 16.5 Å². The van der Waals surface area contributed by atoms with Gasteiger partial charge in [-0.3, -0.25) is 19.5 Å². The zero-order chi connectivity index (χ0) is 19.7. The Balaban J connectivity index is 1.49. The summed E-state index contributed by atoms with van der Waals surface area (Å²) < 4.78 is 6.25. The second-order valence-corrected chi connectivity index (χ2v) is 7.14. The van der Waals surface area contributed by atoms with Crippen LogP contribution in [0.25, 0.3) is 11.1 Å². The van der Waals surface area contributed by atoms with E-state index in [0.29, 0.717) is 12.1 Å². The summed E-state index contributed by atoms with van der Waals surface area (Å²) in [6.45, 7) is 0.306. The first-order valence-electron chi connectivity index (χ1n) is 9.09. The second kappa shape index (κ2) is 6.95. The highest BCUT2D eigenvalue weighted by atomic mass is 16.6. The monoisotopic (exact) mass is 381 g/mol. The van der Waals surface area contributed by atoms with Crippen LogP contribution in [0.4, 0.5) is 5.69 Å². The number of hydrogen-bond donors (Lipinski definition) is 1. The van der Waals surface area contributed by atoms with Crippen LogP contribution in [-0.2, 0) is 16.8 Å². The van der Waals surface area contributed by atoms with Gasteiger partial charge in [0.2, 0.25) is 5.91 Å². The van der Waals surface area contributed by atoms with Gasteiger partial charge in [-0.25, -0.2) is 4.79 Å². The van der Waals surface area contributed by atoms with Crippen LogP contribution in [0.1, 0.15) is 24.8 Å². The number of nitro benzene ring substituents is 1. The molecule has 0 unspecified atom stereocenters. The predicted molar refractivity (Wildman–Crippen MR) is 102 cm³/mol. The van der Waals surface area contributed by atoms with Crippen LogP contribution in [0.3, 0.4) is 0 Å². The van der Waals surface area contributed by atoms with Gasteiger partial charge in [0.25, 0.3) is 5.69 Å². The van der Waals surface area contributed by atoms with E-state index in [2.05, 4.69) is 17.4 Å². The van der Waals surface area contributed by atoms with Gasteiger partial charge < -0.3 is 9.73 Å². The number of amides is 1. The quantitative estimate of drug-likeness (QED) is 0.522. The van der Waals surface area contributed by atoms with Crippen LogP contribution in [0.2, 0.25) is 0 Å². The number of carbonyl (C=O) groups is 1. The van der Waals surface area contributed by atoms with Gasteiger partial charge in [0.15, 0.2) is 5.58 Å². The number of nitrogens with zero attached hydrogens (tertiary/aromatic N) is 2. The fourth-order valence-corrected chi connectivity index (χ4v) is 3.75. The van der Waals surface area contributed by atoms with Gasteiger partial charge in [0, 0.05) is 18.0 Å². The van der Waals surface area contributed by atoms with Crippen molar-refractivity contribution in [2.75, 3.05) is 6.54 Å². The van der Waals surface area contributed by atoms with Crippen LogP contribution in [0, 0.1) is 10.1 Å². The van der Waals surface area contributed by atoms with Crippen molar-refractivity contribution in [2.24, 2.45) is 0 Å². The van der Waals surface area contributed by atoms with E-state index in [1.54, 1.807) is 0 Å². The highest BCUT2D eigenvalue weighted by molar-refractivity contribution is 5.80. The second-order valence-electron chi connectivity index (χ2n) is 7.14. The summed E-state index contributed by atoms with van der Waals surface area (Å²) in [5, 5.41) is 13.8. The van der Waals surface area contributed by atoms with Gasteiger partial charge >= 0.3 is 5.76 Å². The Hall–Kier alpha value is -3.42. The molecule has 0 saturated heterocycles. The van der Waals surface area contributed by atoms with E-state index in [0.717, 1.165) is 19.3 Å². The largest absolute Gasteiger partial charge is 0.420 e. The maximum atomic E-state index is 12.5. The Morgan fingerprint density at radius 2 is 1.96 bits per heavy atom. The highest BCUT2D eigenvalue weighted by Crippen LogP contribution is 2.43. The molecule has 0 radical (unpaired) electrons. The van der Waals surface area contributed by atoms with Crippen molar-refractivity contribution >= 4 is 22.7 Å². The molecule has 0 spiro atoms. The molecule has 1 N–H and O–H groups in total. The topological polar surface area (TPSA) is 107 Å². The SMILES string of the molecule is O=C(Cn1c(=O)oc2cc([N+](=O)[O-])ccc21)NCC1(c2ccccc2)CCC1. The van der Waals surface area contributed by atoms with E-state index in [-0.39, 0.29) is 29.1 Å². The number of non-ortho nitro benzene ring substituents is 1. The molecule has 1 amide bonds. The lowest BCUT2D eigenvalue weighted by Gasteiger charge is -2.42. The molecule has 2 aromatic carbocycles. The Labute approximate surface area is 159 Å². The third-order valence-electron chi connectivity index (χ3n) is 5.49.